The van der Waals surface area contributed by atoms with Crippen LogP contribution >= 0.6 is 34.7 Å². The summed E-state index contributed by atoms with van der Waals surface area (Å²) in [5.74, 6) is -1.11. The number of halogens is 1. The predicted molar refractivity (Wildman–Crippen MR) is 197 cm³/mol. The third-order valence-electron chi connectivity index (χ3n) is 7.31. The Morgan fingerprint density at radius 1 is 0.812 bits per heavy atom. The lowest BCUT2D eigenvalue weighted by Crippen LogP contribution is -2.30. The maximum atomic E-state index is 13.4. The molecule has 0 radical (unpaired) electrons. The van der Waals surface area contributed by atoms with Crippen molar-refractivity contribution in [1.82, 2.24) is 10.3 Å². The number of carbonyl (C=O) groups excluding carboxylic acids is 3. The van der Waals surface area contributed by atoms with Crippen LogP contribution in [0.15, 0.2) is 137 Å². The molecule has 0 spiro atoms. The summed E-state index contributed by atoms with van der Waals surface area (Å²) in [5.41, 5.74) is 3.35. The van der Waals surface area contributed by atoms with Crippen molar-refractivity contribution < 1.29 is 14.4 Å². The van der Waals surface area contributed by atoms with Gasteiger partial charge in [0.25, 0.3) is 11.8 Å². The minimum Gasteiger partial charge on any atom is -0.321 e. The van der Waals surface area contributed by atoms with E-state index in [2.05, 4.69) is 45.2 Å². The number of hydrogen-bond donors (Lipinski definition) is 3. The number of thioether (sulfide) groups is 1. The predicted octanol–water partition coefficient (Wildman–Crippen LogP) is 9.15. The maximum absolute atomic E-state index is 13.4. The van der Waals surface area contributed by atoms with E-state index in [4.69, 9.17) is 11.6 Å². The Labute approximate surface area is 291 Å². The van der Waals surface area contributed by atoms with Gasteiger partial charge in [0, 0.05) is 32.1 Å². The molecule has 0 saturated carbocycles. The summed E-state index contributed by atoms with van der Waals surface area (Å²) in [6.45, 7) is 1.83. The molecule has 238 valence electrons. The average molecular weight is 689 g/mol. The number of aromatic nitrogens is 1. The number of fused-ring (bicyclic) bond motifs is 1. The largest absolute Gasteiger partial charge is 0.321 e. The highest BCUT2D eigenvalue weighted by Crippen LogP contribution is 2.30. The molecule has 0 aliphatic heterocycles. The molecule has 5 aromatic carbocycles. The average Bonchev–Trinajstić information content (AvgIpc) is 3.58. The van der Waals surface area contributed by atoms with Gasteiger partial charge in [-0.25, -0.2) is 4.98 Å². The summed E-state index contributed by atoms with van der Waals surface area (Å²) in [5, 5.41) is 13.3. The lowest BCUT2D eigenvalue weighted by molar-refractivity contribution is -0.115. The molecule has 0 fully saturated rings. The molecule has 1 aromatic heterocycles. The molecule has 3 N–H and O–H groups in total. The van der Waals surface area contributed by atoms with Gasteiger partial charge in [-0.15, -0.1) is 23.1 Å². The number of nitrogens with one attached hydrogen (secondary N) is 3. The Hall–Kier alpha value is -5.22. The van der Waals surface area contributed by atoms with Crippen LogP contribution in [0.25, 0.3) is 28.1 Å². The summed E-state index contributed by atoms with van der Waals surface area (Å²) in [7, 11) is 0. The number of nitrogens with zero attached hydrogens (tertiary/aromatic N) is 1. The number of benzene rings is 5. The summed E-state index contributed by atoms with van der Waals surface area (Å²) in [4.78, 5) is 44.8. The number of carbonyl (C=O) groups is 3. The van der Waals surface area contributed by atoms with Crippen molar-refractivity contribution in [1.29, 1.82) is 0 Å². The fraction of sp³-hybridized carbons (Fsp3) is 0.0526. The van der Waals surface area contributed by atoms with Gasteiger partial charge in [-0.2, -0.15) is 0 Å². The molecule has 0 aliphatic carbocycles. The molecule has 6 aromatic rings. The first-order valence-corrected chi connectivity index (χ1v) is 17.1. The van der Waals surface area contributed by atoms with E-state index in [-0.39, 0.29) is 11.6 Å². The van der Waals surface area contributed by atoms with E-state index >= 15 is 0 Å². The third-order valence-corrected chi connectivity index (χ3v) is 9.52. The van der Waals surface area contributed by atoms with Crippen molar-refractivity contribution in [3.8, 4) is 11.3 Å². The van der Waals surface area contributed by atoms with Crippen LogP contribution in [-0.4, -0.2) is 28.0 Å². The monoisotopic (exact) mass is 688 g/mol. The molecule has 0 aliphatic rings. The molecule has 7 nitrogen and oxygen atoms in total. The molecule has 0 saturated heterocycles. The van der Waals surface area contributed by atoms with Crippen molar-refractivity contribution in [2.75, 3.05) is 10.6 Å². The van der Waals surface area contributed by atoms with Gasteiger partial charge in [0.1, 0.15) is 5.70 Å². The van der Waals surface area contributed by atoms with E-state index in [1.807, 2.05) is 48.7 Å². The Morgan fingerprint density at radius 3 is 2.29 bits per heavy atom. The van der Waals surface area contributed by atoms with Crippen molar-refractivity contribution in [2.45, 2.75) is 17.1 Å². The van der Waals surface area contributed by atoms with Crippen molar-refractivity contribution in [2.24, 2.45) is 0 Å². The highest BCUT2D eigenvalue weighted by Gasteiger charge is 2.18. The van der Waals surface area contributed by atoms with Crippen LogP contribution in [-0.2, 0) is 9.59 Å². The molecule has 0 bridgehead atoms. The lowest BCUT2D eigenvalue weighted by atomic mass is 10.1. The van der Waals surface area contributed by atoms with Crippen molar-refractivity contribution >= 4 is 80.1 Å². The first kappa shape index (κ1) is 32.7. The molecule has 1 atom stereocenters. The minimum absolute atomic E-state index is 0.0339. The van der Waals surface area contributed by atoms with Gasteiger partial charge >= 0.3 is 0 Å². The number of thiazole rings is 1. The SMILES string of the molecule is CC(Sc1ccc(NC(=O)/C(=C/c2ccccc2Cl)NC(=O)c2ccccc2)cc1)C(=O)Nc1nc(-c2ccc3ccccc3c2)cs1. The van der Waals surface area contributed by atoms with E-state index in [0.29, 0.717) is 27.0 Å². The van der Waals surface area contributed by atoms with Crippen molar-refractivity contribution in [3.63, 3.8) is 0 Å². The van der Waals surface area contributed by atoms with Gasteiger partial charge in [0.05, 0.1) is 10.9 Å². The number of amides is 3. The lowest BCUT2D eigenvalue weighted by Gasteiger charge is -2.13. The molecular formula is C38H29ClN4O3S2. The second kappa shape index (κ2) is 15.1. The molecular weight excluding hydrogens is 660 g/mol. The summed E-state index contributed by atoms with van der Waals surface area (Å²) < 4.78 is 0. The quantitative estimate of drug-likeness (QED) is 0.0985. The number of rotatable bonds is 10. The normalized spacial score (nSPS) is 11.9. The number of anilines is 2. The first-order chi connectivity index (χ1) is 23.3. The number of hydrogen-bond acceptors (Lipinski definition) is 6. The van der Waals surface area contributed by atoms with Gasteiger partial charge in [-0.05, 0) is 77.9 Å². The van der Waals surface area contributed by atoms with E-state index in [9.17, 15) is 14.4 Å². The fourth-order valence-corrected chi connectivity index (χ4v) is 6.56. The molecule has 1 heterocycles. The van der Waals surface area contributed by atoms with Crippen LogP contribution in [0.5, 0.6) is 0 Å². The van der Waals surface area contributed by atoms with Gasteiger partial charge in [-0.3, -0.25) is 14.4 Å². The molecule has 1 unspecified atom stereocenters. The van der Waals surface area contributed by atoms with Gasteiger partial charge < -0.3 is 16.0 Å². The topological polar surface area (TPSA) is 100 Å². The van der Waals surface area contributed by atoms with Crippen LogP contribution in [0.3, 0.4) is 0 Å². The molecule has 10 heteroatoms. The third kappa shape index (κ3) is 8.19. The second-order valence-electron chi connectivity index (χ2n) is 10.7. The van der Waals surface area contributed by atoms with Crippen LogP contribution in [0.1, 0.15) is 22.8 Å². The maximum Gasteiger partial charge on any atom is 0.272 e. The first-order valence-electron chi connectivity index (χ1n) is 15.0. The highest BCUT2D eigenvalue weighted by atomic mass is 35.5. The standard InChI is InChI=1S/C38H29ClN4O3S2/c1-24(35(44)43-38-42-34(23-47-38)29-16-15-25-9-5-6-12-27(25)21-29)48-31-19-17-30(18-20-31)40-37(46)33(22-28-13-7-8-14-32(28)39)41-36(45)26-10-3-2-4-11-26/h2-24H,1H3,(H,40,46)(H,41,45)(H,42,43,44)/b33-22-. The highest BCUT2D eigenvalue weighted by molar-refractivity contribution is 8.00. The second-order valence-corrected chi connectivity index (χ2v) is 13.4. The van der Waals surface area contributed by atoms with Gasteiger partial charge in [-0.1, -0.05) is 84.4 Å². The van der Waals surface area contributed by atoms with Gasteiger partial charge in [0.2, 0.25) is 5.91 Å². The van der Waals surface area contributed by atoms with E-state index in [1.54, 1.807) is 60.7 Å². The van der Waals surface area contributed by atoms with Crippen LogP contribution in [0.4, 0.5) is 10.8 Å². The zero-order valence-corrected chi connectivity index (χ0v) is 28.0. The smallest absolute Gasteiger partial charge is 0.272 e. The molecule has 3 amide bonds. The van der Waals surface area contributed by atoms with E-state index < -0.39 is 17.1 Å². The summed E-state index contributed by atoms with van der Waals surface area (Å²) in [6, 6.07) is 37.2. The van der Waals surface area contributed by atoms with Crippen LogP contribution < -0.4 is 16.0 Å². The summed E-state index contributed by atoms with van der Waals surface area (Å²) in [6.07, 6.45) is 1.54. The minimum atomic E-state index is -0.515. The Morgan fingerprint density at radius 2 is 1.52 bits per heavy atom. The summed E-state index contributed by atoms with van der Waals surface area (Å²) >= 11 is 9.11. The Kier molecular flexibility index (Phi) is 10.3. The van der Waals surface area contributed by atoms with E-state index in [0.717, 1.165) is 26.9 Å². The van der Waals surface area contributed by atoms with Crippen molar-refractivity contribution in [3.05, 3.63) is 149 Å². The Balaban J connectivity index is 1.08. The Bertz CT molecular complexity index is 2130. The van der Waals surface area contributed by atoms with Crippen LogP contribution in [0.2, 0.25) is 5.02 Å². The van der Waals surface area contributed by atoms with E-state index in [1.165, 1.54) is 29.2 Å². The molecule has 6 rings (SSSR count). The van der Waals surface area contributed by atoms with Gasteiger partial charge in [0.15, 0.2) is 5.13 Å². The molecule has 48 heavy (non-hydrogen) atoms. The zero-order valence-electron chi connectivity index (χ0n) is 25.6. The fourth-order valence-electron chi connectivity index (χ4n) is 4.78. The zero-order chi connectivity index (χ0) is 33.5. The van der Waals surface area contributed by atoms with Crippen LogP contribution in [0, 0.1) is 0 Å².